The molecule has 1 aromatic carbocycles. The molecule has 3 aromatic rings. The lowest BCUT2D eigenvalue weighted by Gasteiger charge is -2.30. The summed E-state index contributed by atoms with van der Waals surface area (Å²) in [5.74, 6) is 1.96. The summed E-state index contributed by atoms with van der Waals surface area (Å²) in [6.45, 7) is 4.97. The Bertz CT molecular complexity index is 770. The first-order valence-electron chi connectivity index (χ1n) is 8.39. The maximum absolute atomic E-state index is 5.10. The molecule has 1 aliphatic rings. The van der Waals surface area contributed by atoms with E-state index in [2.05, 4.69) is 44.4 Å². The van der Waals surface area contributed by atoms with Gasteiger partial charge in [-0.05, 0) is 49.7 Å². The largest absolute Gasteiger partial charge is 0.340 e. The first-order valence-corrected chi connectivity index (χ1v) is 8.39. The Morgan fingerprint density at radius 3 is 2.58 bits per heavy atom. The summed E-state index contributed by atoms with van der Waals surface area (Å²) in [4.78, 5) is 6.87. The van der Waals surface area contributed by atoms with E-state index in [1.807, 2.05) is 23.9 Å². The van der Waals surface area contributed by atoms with Crippen LogP contribution in [0.2, 0.25) is 0 Å². The van der Waals surface area contributed by atoms with E-state index in [0.717, 1.165) is 44.0 Å². The van der Waals surface area contributed by atoms with Gasteiger partial charge >= 0.3 is 0 Å². The monoisotopic (exact) mass is 323 g/mol. The van der Waals surface area contributed by atoms with E-state index in [1.165, 1.54) is 5.56 Å². The summed E-state index contributed by atoms with van der Waals surface area (Å²) >= 11 is 0. The number of piperidine rings is 1. The Morgan fingerprint density at radius 1 is 1.17 bits per heavy atom. The fourth-order valence-electron chi connectivity index (χ4n) is 3.26. The minimum Gasteiger partial charge on any atom is -0.340 e. The van der Waals surface area contributed by atoms with Crippen molar-refractivity contribution in [2.45, 2.75) is 32.2 Å². The van der Waals surface area contributed by atoms with Crippen LogP contribution in [-0.2, 0) is 6.54 Å². The summed E-state index contributed by atoms with van der Waals surface area (Å²) in [5.41, 5.74) is 2.43. The number of hydrogen-bond donors (Lipinski definition) is 0. The minimum absolute atomic E-state index is 0.431. The first kappa shape index (κ1) is 15.1. The maximum Gasteiger partial charge on any atom is 0.223 e. The van der Waals surface area contributed by atoms with Crippen LogP contribution in [0.5, 0.6) is 0 Å². The van der Waals surface area contributed by atoms with Gasteiger partial charge in [-0.3, -0.25) is 4.90 Å². The molecule has 4 rings (SSSR count). The van der Waals surface area contributed by atoms with Crippen molar-refractivity contribution in [2.24, 2.45) is 0 Å². The van der Waals surface area contributed by atoms with Crippen molar-refractivity contribution < 1.29 is 4.52 Å². The zero-order valence-corrected chi connectivity index (χ0v) is 13.8. The van der Waals surface area contributed by atoms with Crippen molar-refractivity contribution in [1.82, 2.24) is 24.8 Å². The van der Waals surface area contributed by atoms with E-state index < -0.39 is 0 Å². The molecule has 0 N–H and O–H groups in total. The molecule has 0 radical (unpaired) electrons. The molecular formula is C18H21N5O. The smallest absolute Gasteiger partial charge is 0.223 e. The summed E-state index contributed by atoms with van der Waals surface area (Å²) in [6.07, 6.45) is 5.93. The summed E-state index contributed by atoms with van der Waals surface area (Å²) in [7, 11) is 0. The van der Waals surface area contributed by atoms with E-state index in [-0.39, 0.29) is 0 Å². The van der Waals surface area contributed by atoms with Crippen LogP contribution < -0.4 is 0 Å². The van der Waals surface area contributed by atoms with Crippen LogP contribution >= 0.6 is 0 Å². The van der Waals surface area contributed by atoms with Gasteiger partial charge in [0.1, 0.15) is 0 Å². The topological polar surface area (TPSA) is 60.0 Å². The van der Waals surface area contributed by atoms with Gasteiger partial charge in [-0.1, -0.05) is 17.3 Å². The van der Waals surface area contributed by atoms with Crippen molar-refractivity contribution in [3.8, 4) is 5.69 Å². The summed E-state index contributed by atoms with van der Waals surface area (Å²) in [6, 6.07) is 10.6. The highest BCUT2D eigenvalue weighted by Gasteiger charge is 2.24. The highest BCUT2D eigenvalue weighted by atomic mass is 16.5. The zero-order valence-electron chi connectivity index (χ0n) is 13.8. The van der Waals surface area contributed by atoms with Crippen LogP contribution in [-0.4, -0.2) is 37.9 Å². The SMILES string of the molecule is Cc1nc(C2CCN(Cc3ccc(-n4cccn4)cc3)CC2)no1. The van der Waals surface area contributed by atoms with Gasteiger partial charge in [0.25, 0.3) is 0 Å². The van der Waals surface area contributed by atoms with Crippen LogP contribution in [0, 0.1) is 6.92 Å². The molecule has 1 aliphatic heterocycles. The molecule has 3 heterocycles. The molecule has 1 saturated heterocycles. The molecule has 0 aliphatic carbocycles. The second-order valence-electron chi connectivity index (χ2n) is 6.34. The van der Waals surface area contributed by atoms with Gasteiger partial charge in [-0.25, -0.2) is 4.68 Å². The third-order valence-corrected chi connectivity index (χ3v) is 4.61. The molecule has 2 aromatic heterocycles. The molecule has 0 saturated carbocycles. The van der Waals surface area contributed by atoms with E-state index in [1.54, 1.807) is 6.20 Å². The molecule has 0 atom stereocenters. The molecule has 6 heteroatoms. The number of benzene rings is 1. The van der Waals surface area contributed by atoms with Crippen LogP contribution in [0.15, 0.2) is 47.2 Å². The third kappa shape index (κ3) is 3.23. The van der Waals surface area contributed by atoms with Gasteiger partial charge < -0.3 is 4.52 Å². The Balaban J connectivity index is 1.33. The number of hydrogen-bond acceptors (Lipinski definition) is 5. The van der Waals surface area contributed by atoms with Gasteiger partial charge in [0, 0.05) is 31.8 Å². The highest BCUT2D eigenvalue weighted by molar-refractivity contribution is 5.33. The van der Waals surface area contributed by atoms with Gasteiger partial charge in [0.2, 0.25) is 5.89 Å². The van der Waals surface area contributed by atoms with Crippen LogP contribution in [0.4, 0.5) is 0 Å². The van der Waals surface area contributed by atoms with Crippen LogP contribution in [0.25, 0.3) is 5.69 Å². The number of likely N-dealkylation sites (tertiary alicyclic amines) is 1. The Kier molecular flexibility index (Phi) is 4.13. The molecule has 0 spiro atoms. The molecule has 6 nitrogen and oxygen atoms in total. The Morgan fingerprint density at radius 2 is 1.96 bits per heavy atom. The molecule has 0 bridgehead atoms. The molecule has 1 fully saturated rings. The third-order valence-electron chi connectivity index (χ3n) is 4.61. The van der Waals surface area contributed by atoms with Crippen molar-refractivity contribution in [2.75, 3.05) is 13.1 Å². The number of aromatic nitrogens is 4. The average molecular weight is 323 g/mol. The van der Waals surface area contributed by atoms with E-state index >= 15 is 0 Å². The average Bonchev–Trinajstić information content (AvgIpc) is 3.28. The predicted molar refractivity (Wildman–Crippen MR) is 89.9 cm³/mol. The second kappa shape index (κ2) is 6.57. The van der Waals surface area contributed by atoms with E-state index in [4.69, 9.17) is 4.52 Å². The number of rotatable bonds is 4. The number of nitrogens with zero attached hydrogens (tertiary/aromatic N) is 5. The Labute approximate surface area is 141 Å². The van der Waals surface area contributed by atoms with Crippen molar-refractivity contribution in [3.05, 3.63) is 60.0 Å². The van der Waals surface area contributed by atoms with Gasteiger partial charge in [-0.15, -0.1) is 0 Å². The fourth-order valence-corrected chi connectivity index (χ4v) is 3.26. The van der Waals surface area contributed by atoms with Crippen molar-refractivity contribution in [3.63, 3.8) is 0 Å². The maximum atomic E-state index is 5.10. The van der Waals surface area contributed by atoms with Gasteiger partial charge in [0.15, 0.2) is 5.82 Å². The van der Waals surface area contributed by atoms with E-state index in [0.29, 0.717) is 11.8 Å². The number of aryl methyl sites for hydroxylation is 1. The lowest BCUT2D eigenvalue weighted by molar-refractivity contribution is 0.200. The van der Waals surface area contributed by atoms with Crippen LogP contribution in [0.1, 0.15) is 36.0 Å². The van der Waals surface area contributed by atoms with E-state index in [9.17, 15) is 0 Å². The normalized spacial score (nSPS) is 16.5. The van der Waals surface area contributed by atoms with Crippen molar-refractivity contribution >= 4 is 0 Å². The summed E-state index contributed by atoms with van der Waals surface area (Å²) in [5, 5.41) is 8.33. The molecule has 124 valence electrons. The predicted octanol–water partition coefficient (Wildman–Crippen LogP) is 2.94. The molecule has 0 unspecified atom stereocenters. The van der Waals surface area contributed by atoms with Crippen LogP contribution in [0.3, 0.4) is 0 Å². The lowest BCUT2D eigenvalue weighted by Crippen LogP contribution is -2.32. The lowest BCUT2D eigenvalue weighted by atomic mass is 9.96. The van der Waals surface area contributed by atoms with Gasteiger partial charge in [-0.2, -0.15) is 10.1 Å². The van der Waals surface area contributed by atoms with Gasteiger partial charge in [0.05, 0.1) is 5.69 Å². The Hall–Kier alpha value is -2.47. The highest BCUT2D eigenvalue weighted by Crippen LogP contribution is 2.26. The van der Waals surface area contributed by atoms with Crippen molar-refractivity contribution in [1.29, 1.82) is 0 Å². The fraction of sp³-hybridized carbons (Fsp3) is 0.389. The zero-order chi connectivity index (χ0) is 16.4. The summed E-state index contributed by atoms with van der Waals surface area (Å²) < 4.78 is 6.98. The second-order valence-corrected chi connectivity index (χ2v) is 6.34. The molecular weight excluding hydrogens is 302 g/mol. The quantitative estimate of drug-likeness (QED) is 0.739. The molecule has 0 amide bonds. The standard InChI is InChI=1S/C18H21N5O/c1-14-20-18(21-24-14)16-7-11-22(12-8-16)13-15-3-5-17(6-4-15)23-10-2-9-19-23/h2-6,9-10,16H,7-8,11-13H2,1H3. The molecule has 24 heavy (non-hydrogen) atoms. The minimum atomic E-state index is 0.431. The first-order chi connectivity index (χ1) is 11.8.